The maximum Gasteiger partial charge on any atom is 0.226 e. The number of benzene rings is 1. The molecule has 1 aromatic carbocycles. The molecule has 0 unspecified atom stereocenters. The first-order valence-corrected chi connectivity index (χ1v) is 8.71. The summed E-state index contributed by atoms with van der Waals surface area (Å²) in [6.07, 6.45) is 4.94. The van der Waals surface area contributed by atoms with Crippen LogP contribution < -0.4 is 5.32 Å². The predicted molar refractivity (Wildman–Crippen MR) is 91.7 cm³/mol. The van der Waals surface area contributed by atoms with Gasteiger partial charge in [-0.25, -0.2) is 0 Å². The van der Waals surface area contributed by atoms with Gasteiger partial charge in [0.25, 0.3) is 0 Å². The van der Waals surface area contributed by atoms with Crippen LogP contribution in [0, 0.1) is 5.92 Å². The molecule has 0 spiro atoms. The van der Waals surface area contributed by atoms with E-state index in [1.54, 1.807) is 6.20 Å². The normalized spacial score (nSPS) is 26.3. The standard InChI is InChI=1S/C19H19ClN2O2/c20-13-5-3-4-12(10-13)18(16-6-1-2-9-21-16)22-19(23)15-11-14-7-8-17(15)24-14/h1-6,9-10,14-15,17-18H,7-8,11H2,(H,22,23)/t14-,15+,17-,18+/m1/s1. The summed E-state index contributed by atoms with van der Waals surface area (Å²) in [5, 5.41) is 3.81. The highest BCUT2D eigenvalue weighted by atomic mass is 35.5. The number of hydrogen-bond donors (Lipinski definition) is 1. The van der Waals surface area contributed by atoms with Crippen LogP contribution in [0.15, 0.2) is 48.7 Å². The van der Waals surface area contributed by atoms with Crippen LogP contribution in [0.4, 0.5) is 0 Å². The Morgan fingerprint density at radius 2 is 2.17 bits per heavy atom. The first-order valence-electron chi connectivity index (χ1n) is 8.33. The largest absolute Gasteiger partial charge is 0.374 e. The SMILES string of the molecule is O=C(N[C@@H](c1cccc(Cl)c1)c1ccccn1)[C@H]1C[C@H]2CC[C@H]1O2. The zero-order valence-corrected chi connectivity index (χ0v) is 13.9. The quantitative estimate of drug-likeness (QED) is 0.925. The van der Waals surface area contributed by atoms with E-state index in [2.05, 4.69) is 10.3 Å². The molecule has 0 aliphatic carbocycles. The van der Waals surface area contributed by atoms with Crippen molar-refractivity contribution >= 4 is 17.5 Å². The van der Waals surface area contributed by atoms with Gasteiger partial charge in [0.2, 0.25) is 5.91 Å². The van der Waals surface area contributed by atoms with Crippen molar-refractivity contribution in [1.29, 1.82) is 0 Å². The van der Waals surface area contributed by atoms with Crippen LogP contribution in [-0.2, 0) is 9.53 Å². The minimum absolute atomic E-state index is 0.0397. The van der Waals surface area contributed by atoms with Crippen LogP contribution in [0.1, 0.15) is 36.6 Å². The topological polar surface area (TPSA) is 51.2 Å². The molecule has 4 nitrogen and oxygen atoms in total. The van der Waals surface area contributed by atoms with Crippen molar-refractivity contribution in [3.63, 3.8) is 0 Å². The fraction of sp³-hybridized carbons (Fsp3) is 0.368. The molecule has 3 heterocycles. The van der Waals surface area contributed by atoms with E-state index in [1.807, 2.05) is 42.5 Å². The summed E-state index contributed by atoms with van der Waals surface area (Å²) in [7, 11) is 0. The molecule has 0 radical (unpaired) electrons. The molecule has 2 fully saturated rings. The van der Waals surface area contributed by atoms with Gasteiger partial charge in [0.05, 0.1) is 29.9 Å². The number of rotatable bonds is 4. The molecule has 2 aliphatic heterocycles. The van der Waals surface area contributed by atoms with E-state index in [0.29, 0.717) is 5.02 Å². The highest BCUT2D eigenvalue weighted by Gasteiger charge is 2.44. The minimum Gasteiger partial charge on any atom is -0.374 e. The lowest BCUT2D eigenvalue weighted by molar-refractivity contribution is -0.127. The number of fused-ring (bicyclic) bond motifs is 2. The van der Waals surface area contributed by atoms with Crippen molar-refractivity contribution < 1.29 is 9.53 Å². The summed E-state index contributed by atoms with van der Waals surface area (Å²) in [5.74, 6) is -0.0213. The van der Waals surface area contributed by atoms with Crippen molar-refractivity contribution in [2.24, 2.45) is 5.92 Å². The number of hydrogen-bond acceptors (Lipinski definition) is 3. The summed E-state index contributed by atoms with van der Waals surface area (Å²) in [6.45, 7) is 0. The number of carbonyl (C=O) groups is 1. The van der Waals surface area contributed by atoms with Gasteiger partial charge in [0.1, 0.15) is 0 Å². The van der Waals surface area contributed by atoms with Gasteiger partial charge in [0, 0.05) is 11.2 Å². The summed E-state index contributed by atoms with van der Waals surface area (Å²) < 4.78 is 5.82. The maximum atomic E-state index is 12.8. The Labute approximate surface area is 146 Å². The average Bonchev–Trinajstić information content (AvgIpc) is 3.23. The van der Waals surface area contributed by atoms with Gasteiger partial charge in [-0.1, -0.05) is 29.8 Å². The third-order valence-corrected chi connectivity index (χ3v) is 5.13. The van der Waals surface area contributed by atoms with E-state index >= 15 is 0 Å². The van der Waals surface area contributed by atoms with Crippen molar-refractivity contribution in [3.8, 4) is 0 Å². The molecule has 1 aromatic heterocycles. The Kier molecular flexibility index (Phi) is 4.25. The first-order chi connectivity index (χ1) is 11.7. The lowest BCUT2D eigenvalue weighted by Crippen LogP contribution is -2.38. The summed E-state index contributed by atoms with van der Waals surface area (Å²) >= 11 is 6.14. The molecular weight excluding hydrogens is 324 g/mol. The first kappa shape index (κ1) is 15.6. The third-order valence-electron chi connectivity index (χ3n) is 4.89. The van der Waals surface area contributed by atoms with Gasteiger partial charge in [-0.05, 0) is 49.1 Å². The predicted octanol–water partition coefficient (Wildman–Crippen LogP) is 3.51. The van der Waals surface area contributed by atoms with Gasteiger partial charge in [-0.15, -0.1) is 0 Å². The molecule has 4 atom stereocenters. The van der Waals surface area contributed by atoms with Gasteiger partial charge >= 0.3 is 0 Å². The van der Waals surface area contributed by atoms with E-state index < -0.39 is 0 Å². The van der Waals surface area contributed by atoms with Crippen molar-refractivity contribution in [2.45, 2.75) is 37.5 Å². The Morgan fingerprint density at radius 1 is 1.25 bits per heavy atom. The monoisotopic (exact) mass is 342 g/mol. The molecule has 1 N–H and O–H groups in total. The van der Waals surface area contributed by atoms with Gasteiger partial charge < -0.3 is 10.1 Å². The van der Waals surface area contributed by atoms with E-state index in [4.69, 9.17) is 16.3 Å². The molecule has 2 aliphatic rings. The molecule has 2 saturated heterocycles. The second-order valence-electron chi connectivity index (χ2n) is 6.47. The van der Waals surface area contributed by atoms with Crippen LogP contribution >= 0.6 is 11.6 Å². The van der Waals surface area contributed by atoms with E-state index in [-0.39, 0.29) is 30.1 Å². The fourth-order valence-corrected chi connectivity index (χ4v) is 3.92. The van der Waals surface area contributed by atoms with Crippen LogP contribution in [0.5, 0.6) is 0 Å². The Hall–Kier alpha value is -1.91. The molecule has 124 valence electrons. The molecular formula is C19H19ClN2O2. The zero-order valence-electron chi connectivity index (χ0n) is 13.2. The number of nitrogens with one attached hydrogen (secondary N) is 1. The van der Waals surface area contributed by atoms with Gasteiger partial charge in [0.15, 0.2) is 0 Å². The summed E-state index contributed by atoms with van der Waals surface area (Å²) in [4.78, 5) is 17.2. The lowest BCUT2D eigenvalue weighted by Gasteiger charge is -2.24. The third kappa shape index (κ3) is 3.04. The van der Waals surface area contributed by atoms with Crippen LogP contribution in [0.2, 0.25) is 5.02 Å². The fourth-order valence-electron chi connectivity index (χ4n) is 3.72. The minimum atomic E-state index is -0.309. The average molecular weight is 343 g/mol. The molecule has 2 bridgehead atoms. The van der Waals surface area contributed by atoms with Gasteiger partial charge in [-0.3, -0.25) is 9.78 Å². The Balaban J connectivity index is 1.60. The number of nitrogens with zero attached hydrogens (tertiary/aromatic N) is 1. The summed E-state index contributed by atoms with van der Waals surface area (Å²) in [6, 6.07) is 12.9. The molecule has 2 aromatic rings. The smallest absolute Gasteiger partial charge is 0.226 e. The van der Waals surface area contributed by atoms with Crippen LogP contribution in [-0.4, -0.2) is 23.1 Å². The van der Waals surface area contributed by atoms with Crippen molar-refractivity contribution in [1.82, 2.24) is 10.3 Å². The maximum absolute atomic E-state index is 12.8. The Bertz CT molecular complexity index is 737. The number of ether oxygens (including phenoxy) is 1. The second kappa shape index (κ2) is 6.54. The molecule has 24 heavy (non-hydrogen) atoms. The number of amides is 1. The van der Waals surface area contributed by atoms with E-state index in [1.165, 1.54) is 0 Å². The second-order valence-corrected chi connectivity index (χ2v) is 6.90. The van der Waals surface area contributed by atoms with Crippen LogP contribution in [0.3, 0.4) is 0 Å². The Morgan fingerprint density at radius 3 is 2.83 bits per heavy atom. The number of pyridine rings is 1. The van der Waals surface area contributed by atoms with Crippen molar-refractivity contribution in [2.75, 3.05) is 0 Å². The molecule has 1 amide bonds. The molecule has 4 rings (SSSR count). The summed E-state index contributed by atoms with van der Waals surface area (Å²) in [5.41, 5.74) is 1.73. The van der Waals surface area contributed by atoms with Gasteiger partial charge in [-0.2, -0.15) is 0 Å². The van der Waals surface area contributed by atoms with E-state index in [0.717, 1.165) is 30.5 Å². The van der Waals surface area contributed by atoms with Crippen LogP contribution in [0.25, 0.3) is 0 Å². The zero-order chi connectivity index (χ0) is 16.5. The molecule has 0 saturated carbocycles. The number of aromatic nitrogens is 1. The van der Waals surface area contributed by atoms with Crippen molar-refractivity contribution in [3.05, 3.63) is 64.9 Å². The highest BCUT2D eigenvalue weighted by molar-refractivity contribution is 6.30. The number of halogens is 1. The van der Waals surface area contributed by atoms with E-state index in [9.17, 15) is 4.79 Å². The molecule has 5 heteroatoms. The lowest BCUT2D eigenvalue weighted by atomic mass is 9.88. The highest BCUT2D eigenvalue weighted by Crippen LogP contribution is 2.39. The number of carbonyl (C=O) groups excluding carboxylic acids is 1.